The first-order valence-electron chi connectivity index (χ1n) is 8.27. The Morgan fingerprint density at radius 3 is 2.62 bits per heavy atom. The maximum Gasteiger partial charge on any atom is 0.232 e. The van der Waals surface area contributed by atoms with Gasteiger partial charge in [0.1, 0.15) is 0 Å². The second-order valence-electron chi connectivity index (χ2n) is 6.74. The van der Waals surface area contributed by atoms with Crippen molar-refractivity contribution in [2.45, 2.75) is 43.6 Å². The molecule has 0 bridgehead atoms. The molecule has 0 aliphatic carbocycles. The molecular weight excluding hydrogens is 352 g/mol. The maximum atomic E-state index is 5.34. The van der Waals surface area contributed by atoms with Gasteiger partial charge in [-0.25, -0.2) is 0 Å². The molecule has 138 valence electrons. The zero-order chi connectivity index (χ0) is 18.6. The van der Waals surface area contributed by atoms with E-state index in [1.165, 1.54) is 11.8 Å². The smallest absolute Gasteiger partial charge is 0.232 e. The van der Waals surface area contributed by atoms with Gasteiger partial charge in [-0.3, -0.25) is 9.55 Å². The van der Waals surface area contributed by atoms with Gasteiger partial charge in [0.15, 0.2) is 16.8 Å². The molecule has 0 atom stereocenters. The third-order valence-corrected chi connectivity index (χ3v) is 4.58. The fraction of sp³-hybridized carbons (Fsp3) is 0.471. The van der Waals surface area contributed by atoms with Crippen molar-refractivity contribution in [1.82, 2.24) is 29.9 Å². The molecule has 0 saturated carbocycles. The van der Waals surface area contributed by atoms with E-state index in [1.54, 1.807) is 19.5 Å². The first-order valence-corrected chi connectivity index (χ1v) is 9.26. The van der Waals surface area contributed by atoms with E-state index < -0.39 is 0 Å². The molecule has 3 rings (SSSR count). The van der Waals surface area contributed by atoms with E-state index in [-0.39, 0.29) is 5.41 Å². The number of methoxy groups -OCH3 is 1. The normalized spacial score (nSPS) is 11.8. The van der Waals surface area contributed by atoms with Crippen LogP contribution in [0.25, 0.3) is 11.4 Å². The lowest BCUT2D eigenvalue weighted by molar-refractivity contribution is 0.185. The van der Waals surface area contributed by atoms with E-state index in [9.17, 15) is 0 Å². The van der Waals surface area contributed by atoms with Gasteiger partial charge in [-0.1, -0.05) is 37.7 Å². The van der Waals surface area contributed by atoms with Gasteiger partial charge in [0, 0.05) is 30.5 Å². The molecule has 0 aliphatic heterocycles. The molecule has 0 radical (unpaired) electrons. The number of aromatic nitrogens is 6. The minimum absolute atomic E-state index is 0.164. The summed E-state index contributed by atoms with van der Waals surface area (Å²) in [6.45, 7) is 7.35. The number of thioether (sulfide) groups is 1. The Bertz CT molecular complexity index is 841. The minimum atomic E-state index is -0.164. The zero-order valence-electron chi connectivity index (χ0n) is 15.3. The topological polar surface area (TPSA) is 91.8 Å². The molecule has 8 nitrogen and oxygen atoms in total. The van der Waals surface area contributed by atoms with Crippen LogP contribution in [0.3, 0.4) is 0 Å². The van der Waals surface area contributed by atoms with Crippen LogP contribution >= 0.6 is 11.8 Å². The SMILES string of the molecule is COCCn1c(SCc2noc(C(C)(C)C)n2)nnc1-c1ccncc1. The lowest BCUT2D eigenvalue weighted by Gasteiger charge is -2.10. The van der Waals surface area contributed by atoms with Gasteiger partial charge in [-0.2, -0.15) is 4.98 Å². The molecular formula is C17H22N6O2S. The summed E-state index contributed by atoms with van der Waals surface area (Å²) in [5, 5.41) is 13.5. The second-order valence-corrected chi connectivity index (χ2v) is 7.68. The molecule has 26 heavy (non-hydrogen) atoms. The summed E-state index contributed by atoms with van der Waals surface area (Å²) in [5.41, 5.74) is 0.799. The fourth-order valence-corrected chi connectivity index (χ4v) is 3.05. The van der Waals surface area contributed by atoms with E-state index in [0.717, 1.165) is 16.5 Å². The Kier molecular flexibility index (Phi) is 5.67. The van der Waals surface area contributed by atoms with Crippen LogP contribution in [0.5, 0.6) is 0 Å². The standard InChI is InChI=1S/C17H22N6O2S/c1-17(2,3)15-19-13(22-25-15)11-26-16-21-20-14(23(16)9-10-24-4)12-5-7-18-8-6-12/h5-8H,9-11H2,1-4H3. The Balaban J connectivity index is 1.79. The van der Waals surface area contributed by atoms with Crippen molar-refractivity contribution in [3.05, 3.63) is 36.2 Å². The van der Waals surface area contributed by atoms with Gasteiger partial charge < -0.3 is 9.26 Å². The largest absolute Gasteiger partial charge is 0.383 e. The predicted molar refractivity (Wildman–Crippen MR) is 97.7 cm³/mol. The number of pyridine rings is 1. The highest BCUT2D eigenvalue weighted by Gasteiger charge is 2.22. The van der Waals surface area contributed by atoms with Crippen LogP contribution in [0.1, 0.15) is 32.5 Å². The number of nitrogens with zero attached hydrogens (tertiary/aromatic N) is 6. The highest BCUT2D eigenvalue weighted by Crippen LogP contribution is 2.26. The summed E-state index contributed by atoms with van der Waals surface area (Å²) in [5.74, 6) is 2.62. The lowest BCUT2D eigenvalue weighted by atomic mass is 9.97. The van der Waals surface area contributed by atoms with Gasteiger partial charge >= 0.3 is 0 Å². The summed E-state index contributed by atoms with van der Waals surface area (Å²) in [7, 11) is 1.68. The fourth-order valence-electron chi connectivity index (χ4n) is 2.24. The van der Waals surface area contributed by atoms with E-state index in [0.29, 0.717) is 30.6 Å². The van der Waals surface area contributed by atoms with Crippen molar-refractivity contribution in [3.8, 4) is 11.4 Å². The Labute approximate surface area is 156 Å². The molecule has 0 spiro atoms. The molecule has 3 heterocycles. The Morgan fingerprint density at radius 2 is 1.96 bits per heavy atom. The number of hydrogen-bond donors (Lipinski definition) is 0. The second kappa shape index (κ2) is 7.96. The first kappa shape index (κ1) is 18.5. The van der Waals surface area contributed by atoms with Gasteiger partial charge in [0.05, 0.1) is 18.9 Å². The molecule has 3 aromatic heterocycles. The highest BCUT2D eigenvalue weighted by molar-refractivity contribution is 7.98. The quantitative estimate of drug-likeness (QED) is 0.583. The number of ether oxygens (including phenoxy) is 1. The van der Waals surface area contributed by atoms with Crippen molar-refractivity contribution in [1.29, 1.82) is 0 Å². The van der Waals surface area contributed by atoms with E-state index in [1.807, 2.05) is 37.5 Å². The van der Waals surface area contributed by atoms with Crippen LogP contribution in [0.15, 0.2) is 34.2 Å². The van der Waals surface area contributed by atoms with Crippen LogP contribution in [0.2, 0.25) is 0 Å². The first-order chi connectivity index (χ1) is 12.5. The van der Waals surface area contributed by atoms with Crippen molar-refractivity contribution in [3.63, 3.8) is 0 Å². The lowest BCUT2D eigenvalue weighted by Crippen LogP contribution is -2.11. The number of hydrogen-bond acceptors (Lipinski definition) is 8. The average Bonchev–Trinajstić information content (AvgIpc) is 3.25. The van der Waals surface area contributed by atoms with E-state index in [2.05, 4.69) is 25.3 Å². The highest BCUT2D eigenvalue weighted by atomic mass is 32.2. The molecule has 0 aromatic carbocycles. The van der Waals surface area contributed by atoms with E-state index >= 15 is 0 Å². The molecule has 0 aliphatic rings. The van der Waals surface area contributed by atoms with Crippen LogP contribution < -0.4 is 0 Å². The van der Waals surface area contributed by atoms with Gasteiger partial charge in [-0.05, 0) is 12.1 Å². The van der Waals surface area contributed by atoms with Crippen molar-refractivity contribution < 1.29 is 9.26 Å². The van der Waals surface area contributed by atoms with Crippen molar-refractivity contribution in [2.24, 2.45) is 0 Å². The molecule has 0 amide bonds. The number of rotatable bonds is 7. The van der Waals surface area contributed by atoms with Crippen LogP contribution in [0, 0.1) is 0 Å². The summed E-state index contributed by atoms with van der Waals surface area (Å²) >= 11 is 1.52. The molecule has 0 saturated heterocycles. The van der Waals surface area contributed by atoms with Gasteiger partial charge in [0.25, 0.3) is 0 Å². The maximum absolute atomic E-state index is 5.34. The Morgan fingerprint density at radius 1 is 1.19 bits per heavy atom. The molecule has 3 aromatic rings. The van der Waals surface area contributed by atoms with Crippen LogP contribution in [-0.2, 0) is 22.4 Å². The van der Waals surface area contributed by atoms with Crippen molar-refractivity contribution in [2.75, 3.05) is 13.7 Å². The van der Waals surface area contributed by atoms with Gasteiger partial charge in [-0.15, -0.1) is 10.2 Å². The third kappa shape index (κ3) is 4.28. The summed E-state index contributed by atoms with van der Waals surface area (Å²) in [4.78, 5) is 8.52. The Hall–Kier alpha value is -2.26. The summed E-state index contributed by atoms with van der Waals surface area (Å²) in [6.07, 6.45) is 3.48. The predicted octanol–water partition coefficient (Wildman–Crippen LogP) is 2.96. The zero-order valence-corrected chi connectivity index (χ0v) is 16.2. The molecule has 0 unspecified atom stereocenters. The minimum Gasteiger partial charge on any atom is -0.383 e. The summed E-state index contributed by atoms with van der Waals surface area (Å²) in [6, 6.07) is 3.83. The average molecular weight is 374 g/mol. The van der Waals surface area contributed by atoms with E-state index in [4.69, 9.17) is 9.26 Å². The third-order valence-electron chi connectivity index (χ3n) is 3.61. The van der Waals surface area contributed by atoms with Gasteiger partial charge in [0.2, 0.25) is 5.89 Å². The van der Waals surface area contributed by atoms with Crippen molar-refractivity contribution >= 4 is 11.8 Å². The molecule has 0 N–H and O–H groups in total. The van der Waals surface area contributed by atoms with Crippen LogP contribution in [0.4, 0.5) is 0 Å². The molecule has 0 fully saturated rings. The summed E-state index contributed by atoms with van der Waals surface area (Å²) < 4.78 is 12.6. The van der Waals surface area contributed by atoms with Crippen LogP contribution in [-0.4, -0.2) is 43.6 Å². The monoisotopic (exact) mass is 374 g/mol. The molecule has 9 heteroatoms.